The summed E-state index contributed by atoms with van der Waals surface area (Å²) in [5.41, 5.74) is 3.93. The average Bonchev–Trinajstić information content (AvgIpc) is 2.14. The maximum Gasteiger partial charge on any atom is 0.253 e. The zero-order chi connectivity index (χ0) is 12.6. The monoisotopic (exact) mass is 247 g/mol. The summed E-state index contributed by atoms with van der Waals surface area (Å²) < 4.78 is 22.6. The van der Waals surface area contributed by atoms with Crippen LogP contribution in [0.5, 0.6) is 0 Å². The van der Waals surface area contributed by atoms with Gasteiger partial charge in [-0.2, -0.15) is 5.26 Å². The SMILES string of the molecule is CC(=O)NNC(=O)CS(=O)(=O)CCCC#N. The Morgan fingerprint density at radius 3 is 2.44 bits per heavy atom. The van der Waals surface area contributed by atoms with Gasteiger partial charge in [-0.1, -0.05) is 0 Å². The van der Waals surface area contributed by atoms with Crippen LogP contribution in [0.1, 0.15) is 19.8 Å². The van der Waals surface area contributed by atoms with E-state index in [0.717, 1.165) is 0 Å². The summed E-state index contributed by atoms with van der Waals surface area (Å²) in [6.45, 7) is 1.18. The van der Waals surface area contributed by atoms with E-state index in [1.165, 1.54) is 6.92 Å². The molecule has 0 saturated carbocycles. The van der Waals surface area contributed by atoms with Gasteiger partial charge in [-0.25, -0.2) is 8.42 Å². The highest BCUT2D eigenvalue weighted by molar-refractivity contribution is 7.92. The molecule has 0 aromatic heterocycles. The second-order valence-corrected chi connectivity index (χ2v) is 5.27. The Kier molecular flexibility index (Phi) is 6.10. The number of amides is 2. The predicted octanol–water partition coefficient (Wildman–Crippen LogP) is -1.13. The molecule has 0 aliphatic carbocycles. The van der Waals surface area contributed by atoms with Gasteiger partial charge in [0.2, 0.25) is 5.91 Å². The average molecular weight is 247 g/mol. The molecule has 0 aliphatic heterocycles. The van der Waals surface area contributed by atoms with Crippen molar-refractivity contribution in [1.29, 1.82) is 5.26 Å². The number of unbranched alkanes of at least 4 members (excludes halogenated alkanes) is 1. The van der Waals surface area contributed by atoms with Crippen molar-refractivity contribution in [3.63, 3.8) is 0 Å². The van der Waals surface area contributed by atoms with E-state index in [0.29, 0.717) is 0 Å². The Bertz CT molecular complexity index is 396. The maximum absolute atomic E-state index is 11.3. The number of hydrazine groups is 1. The van der Waals surface area contributed by atoms with E-state index >= 15 is 0 Å². The van der Waals surface area contributed by atoms with E-state index in [2.05, 4.69) is 0 Å². The molecule has 0 rings (SSSR count). The number of carbonyl (C=O) groups is 2. The lowest BCUT2D eigenvalue weighted by atomic mass is 10.4. The smallest absolute Gasteiger partial charge is 0.253 e. The number of hydrogen-bond donors (Lipinski definition) is 2. The van der Waals surface area contributed by atoms with E-state index < -0.39 is 27.4 Å². The van der Waals surface area contributed by atoms with Gasteiger partial charge in [-0.3, -0.25) is 20.4 Å². The summed E-state index contributed by atoms with van der Waals surface area (Å²) in [7, 11) is -3.52. The molecule has 0 aliphatic rings. The van der Waals surface area contributed by atoms with Gasteiger partial charge >= 0.3 is 0 Å². The number of nitrogens with zero attached hydrogens (tertiary/aromatic N) is 1. The molecule has 0 bridgehead atoms. The van der Waals surface area contributed by atoms with Gasteiger partial charge in [0.25, 0.3) is 5.91 Å². The fourth-order valence-electron chi connectivity index (χ4n) is 0.837. The van der Waals surface area contributed by atoms with Crippen molar-refractivity contribution in [3.8, 4) is 6.07 Å². The van der Waals surface area contributed by atoms with Crippen LogP contribution in [0.4, 0.5) is 0 Å². The van der Waals surface area contributed by atoms with Crippen LogP contribution >= 0.6 is 0 Å². The molecule has 0 spiro atoms. The number of nitrogens with one attached hydrogen (secondary N) is 2. The van der Waals surface area contributed by atoms with E-state index in [-0.39, 0.29) is 18.6 Å². The normalized spacial score (nSPS) is 10.2. The van der Waals surface area contributed by atoms with Crippen LogP contribution in [0.3, 0.4) is 0 Å². The van der Waals surface area contributed by atoms with E-state index in [4.69, 9.17) is 5.26 Å². The van der Waals surface area contributed by atoms with Crippen LogP contribution < -0.4 is 10.9 Å². The lowest BCUT2D eigenvalue weighted by Gasteiger charge is -2.05. The molecule has 0 heterocycles. The molecule has 0 atom stereocenters. The lowest BCUT2D eigenvalue weighted by molar-refractivity contribution is -0.126. The second kappa shape index (κ2) is 6.79. The third kappa shape index (κ3) is 7.75. The first kappa shape index (κ1) is 14.4. The summed E-state index contributed by atoms with van der Waals surface area (Å²) in [4.78, 5) is 21.4. The van der Waals surface area contributed by atoms with Gasteiger partial charge in [0.05, 0.1) is 11.8 Å². The number of hydrogen-bond acceptors (Lipinski definition) is 5. The molecule has 2 N–H and O–H groups in total. The summed E-state index contributed by atoms with van der Waals surface area (Å²) in [5, 5.41) is 8.22. The van der Waals surface area contributed by atoms with E-state index in [1.807, 2.05) is 16.9 Å². The fraction of sp³-hybridized carbons (Fsp3) is 0.625. The lowest BCUT2D eigenvalue weighted by Crippen LogP contribution is -2.43. The van der Waals surface area contributed by atoms with Gasteiger partial charge in [0, 0.05) is 13.3 Å². The van der Waals surface area contributed by atoms with Crippen molar-refractivity contribution in [2.75, 3.05) is 11.5 Å². The first-order valence-electron chi connectivity index (χ1n) is 4.50. The molecule has 0 radical (unpaired) electrons. The van der Waals surface area contributed by atoms with Crippen LogP contribution in [0.25, 0.3) is 0 Å². The maximum atomic E-state index is 11.3. The van der Waals surface area contributed by atoms with Crippen LogP contribution in [0.2, 0.25) is 0 Å². The molecule has 8 heteroatoms. The van der Waals surface area contributed by atoms with Gasteiger partial charge in [-0.15, -0.1) is 0 Å². The molecule has 7 nitrogen and oxygen atoms in total. The van der Waals surface area contributed by atoms with Crippen molar-refractivity contribution in [2.24, 2.45) is 0 Å². The minimum atomic E-state index is -3.52. The molecular weight excluding hydrogens is 234 g/mol. The minimum absolute atomic E-state index is 0.131. The van der Waals surface area contributed by atoms with Gasteiger partial charge < -0.3 is 0 Å². The first-order chi connectivity index (χ1) is 7.37. The Morgan fingerprint density at radius 2 is 1.94 bits per heavy atom. The molecule has 2 amide bonds. The Balaban J connectivity index is 4.02. The number of rotatable bonds is 5. The summed E-state index contributed by atoms with van der Waals surface area (Å²) >= 11 is 0. The van der Waals surface area contributed by atoms with E-state index in [9.17, 15) is 18.0 Å². The van der Waals surface area contributed by atoms with Crippen molar-refractivity contribution in [1.82, 2.24) is 10.9 Å². The minimum Gasteiger partial charge on any atom is -0.274 e. The summed E-state index contributed by atoms with van der Waals surface area (Å²) in [6, 6.07) is 1.81. The standard InChI is InChI=1S/C8H13N3O4S/c1-7(12)10-11-8(13)6-16(14,15)5-3-2-4-9/h2-3,5-6H2,1H3,(H,10,12)(H,11,13). The van der Waals surface area contributed by atoms with E-state index in [1.54, 1.807) is 0 Å². The fourth-order valence-corrected chi connectivity index (χ4v) is 2.04. The van der Waals surface area contributed by atoms with Gasteiger partial charge in [0.1, 0.15) is 5.75 Å². The highest BCUT2D eigenvalue weighted by atomic mass is 32.2. The Labute approximate surface area is 93.7 Å². The van der Waals surface area contributed by atoms with Crippen LogP contribution in [-0.2, 0) is 19.4 Å². The van der Waals surface area contributed by atoms with Gasteiger partial charge in [0.15, 0.2) is 9.84 Å². The highest BCUT2D eigenvalue weighted by Crippen LogP contribution is 1.96. The predicted molar refractivity (Wildman–Crippen MR) is 55.5 cm³/mol. The second-order valence-electron chi connectivity index (χ2n) is 3.08. The molecule has 0 aromatic carbocycles. The Morgan fingerprint density at radius 1 is 1.31 bits per heavy atom. The molecule has 0 unspecified atom stereocenters. The molecule has 16 heavy (non-hydrogen) atoms. The van der Waals surface area contributed by atoms with Crippen molar-refractivity contribution < 1.29 is 18.0 Å². The quantitative estimate of drug-likeness (QED) is 0.471. The van der Waals surface area contributed by atoms with Crippen LogP contribution in [0.15, 0.2) is 0 Å². The Hall–Kier alpha value is -1.62. The number of sulfone groups is 1. The molecule has 0 fully saturated rings. The topological polar surface area (TPSA) is 116 Å². The zero-order valence-corrected chi connectivity index (χ0v) is 9.63. The number of nitriles is 1. The third-order valence-corrected chi connectivity index (χ3v) is 3.09. The van der Waals surface area contributed by atoms with Crippen LogP contribution in [0, 0.1) is 11.3 Å². The van der Waals surface area contributed by atoms with Crippen LogP contribution in [-0.4, -0.2) is 31.7 Å². The first-order valence-corrected chi connectivity index (χ1v) is 6.32. The zero-order valence-electron chi connectivity index (χ0n) is 8.82. The molecule has 90 valence electrons. The summed E-state index contributed by atoms with van der Waals surface area (Å²) in [5.74, 6) is -2.20. The molecule has 0 saturated heterocycles. The van der Waals surface area contributed by atoms with Crippen molar-refractivity contribution in [2.45, 2.75) is 19.8 Å². The largest absolute Gasteiger partial charge is 0.274 e. The van der Waals surface area contributed by atoms with Gasteiger partial charge in [-0.05, 0) is 6.42 Å². The molecular formula is C8H13N3O4S. The van der Waals surface area contributed by atoms with Crippen molar-refractivity contribution >= 4 is 21.7 Å². The summed E-state index contributed by atoms with van der Waals surface area (Å²) in [6.07, 6.45) is 0.332. The molecule has 0 aromatic rings. The highest BCUT2D eigenvalue weighted by Gasteiger charge is 2.16. The third-order valence-electron chi connectivity index (χ3n) is 1.47. The number of carbonyl (C=O) groups excluding carboxylic acids is 2. The van der Waals surface area contributed by atoms with Crippen molar-refractivity contribution in [3.05, 3.63) is 0 Å².